The van der Waals surface area contributed by atoms with Crippen molar-refractivity contribution < 1.29 is 19.2 Å². The highest BCUT2D eigenvalue weighted by atomic mass is 16.2. The van der Waals surface area contributed by atoms with Gasteiger partial charge in [0.1, 0.15) is 11.8 Å². The minimum atomic E-state index is -0.733. The Morgan fingerprint density at radius 1 is 0.947 bits per heavy atom. The lowest BCUT2D eigenvalue weighted by Crippen LogP contribution is -2.45. The van der Waals surface area contributed by atoms with Crippen LogP contribution in [0.25, 0.3) is 0 Å². The molecule has 2 fully saturated rings. The predicted molar refractivity (Wildman–Crippen MR) is 146 cm³/mol. The number of anilines is 1. The summed E-state index contributed by atoms with van der Waals surface area (Å²) in [5, 5.41) is 5.96. The van der Waals surface area contributed by atoms with E-state index in [0.717, 1.165) is 44.3 Å². The number of ketones is 1. The largest absolute Gasteiger partial charge is 0.341 e. The zero-order valence-electron chi connectivity index (χ0n) is 21.8. The Morgan fingerprint density at radius 2 is 1.68 bits per heavy atom. The van der Waals surface area contributed by atoms with Crippen molar-refractivity contribution in [1.29, 1.82) is 0 Å². The molecule has 0 saturated carbocycles. The first-order valence-electron chi connectivity index (χ1n) is 13.3. The maximum atomic E-state index is 13.5. The summed E-state index contributed by atoms with van der Waals surface area (Å²) in [6, 6.07) is 15.3. The molecule has 2 aromatic carbocycles. The molecule has 0 radical (unpaired) electrons. The fourth-order valence-electron chi connectivity index (χ4n) is 4.80. The molecule has 2 N–H and O–H groups in total. The SMILES string of the molecule is CC(=O)Cc1cccc(NC(=N[C@H]2CCCCN(CC(=O)N3CCCC3)C2=O)NC(=O)c2ccccc2)c1. The van der Waals surface area contributed by atoms with Gasteiger partial charge in [0.05, 0.1) is 6.54 Å². The molecule has 9 nitrogen and oxygen atoms in total. The van der Waals surface area contributed by atoms with E-state index in [9.17, 15) is 19.2 Å². The highest BCUT2D eigenvalue weighted by Crippen LogP contribution is 2.18. The van der Waals surface area contributed by atoms with Crippen LogP contribution in [0.2, 0.25) is 0 Å². The van der Waals surface area contributed by atoms with E-state index in [0.29, 0.717) is 30.6 Å². The van der Waals surface area contributed by atoms with Crippen LogP contribution in [-0.2, 0) is 20.8 Å². The fraction of sp³-hybridized carbons (Fsp3) is 0.414. The van der Waals surface area contributed by atoms with Crippen molar-refractivity contribution in [2.45, 2.75) is 51.5 Å². The number of benzene rings is 2. The average molecular weight is 518 g/mol. The lowest BCUT2D eigenvalue weighted by Gasteiger charge is -2.25. The quantitative estimate of drug-likeness (QED) is 0.433. The molecule has 0 aromatic heterocycles. The van der Waals surface area contributed by atoms with Gasteiger partial charge in [0.2, 0.25) is 17.8 Å². The molecule has 2 saturated heterocycles. The van der Waals surface area contributed by atoms with Crippen LogP contribution in [0.3, 0.4) is 0 Å². The third-order valence-corrected chi connectivity index (χ3v) is 6.73. The second kappa shape index (κ2) is 13.0. The number of Topliss-reactive ketones (excluding diaryl/α,β-unsaturated/α-hetero) is 1. The van der Waals surface area contributed by atoms with Crippen molar-refractivity contribution >= 4 is 35.2 Å². The smallest absolute Gasteiger partial charge is 0.257 e. The van der Waals surface area contributed by atoms with Crippen molar-refractivity contribution in [3.8, 4) is 0 Å². The highest BCUT2D eigenvalue weighted by molar-refractivity contribution is 6.10. The second-order valence-electron chi connectivity index (χ2n) is 9.86. The van der Waals surface area contributed by atoms with E-state index in [-0.39, 0.29) is 36.0 Å². The van der Waals surface area contributed by atoms with Crippen molar-refractivity contribution in [2.75, 3.05) is 31.5 Å². The number of aliphatic imine (C=N–C) groups is 1. The van der Waals surface area contributed by atoms with Crippen LogP contribution < -0.4 is 10.6 Å². The molecular weight excluding hydrogens is 482 g/mol. The average Bonchev–Trinajstić information content (AvgIpc) is 3.39. The lowest BCUT2D eigenvalue weighted by atomic mass is 10.1. The van der Waals surface area contributed by atoms with Crippen LogP contribution in [0.5, 0.6) is 0 Å². The zero-order chi connectivity index (χ0) is 26.9. The van der Waals surface area contributed by atoms with Gasteiger partial charge in [-0.1, -0.05) is 30.3 Å². The molecular formula is C29H35N5O4. The third kappa shape index (κ3) is 7.50. The monoisotopic (exact) mass is 517 g/mol. The Hall–Kier alpha value is -4.01. The molecule has 4 rings (SSSR count). The van der Waals surface area contributed by atoms with Gasteiger partial charge < -0.3 is 15.1 Å². The Balaban J connectivity index is 1.56. The number of nitrogens with zero attached hydrogens (tertiary/aromatic N) is 3. The van der Waals surface area contributed by atoms with Gasteiger partial charge in [0.25, 0.3) is 5.91 Å². The Bertz CT molecular complexity index is 1190. The maximum absolute atomic E-state index is 13.5. The molecule has 0 bridgehead atoms. The molecule has 0 unspecified atom stereocenters. The highest BCUT2D eigenvalue weighted by Gasteiger charge is 2.30. The van der Waals surface area contributed by atoms with E-state index in [2.05, 4.69) is 15.6 Å². The van der Waals surface area contributed by atoms with Crippen LogP contribution in [0.1, 0.15) is 54.9 Å². The van der Waals surface area contributed by atoms with Gasteiger partial charge >= 0.3 is 0 Å². The van der Waals surface area contributed by atoms with Crippen molar-refractivity contribution in [3.05, 3.63) is 65.7 Å². The Morgan fingerprint density at radius 3 is 2.42 bits per heavy atom. The molecule has 1 atom stereocenters. The molecule has 0 aliphatic carbocycles. The summed E-state index contributed by atoms with van der Waals surface area (Å²) in [6.07, 6.45) is 4.37. The van der Waals surface area contributed by atoms with E-state index >= 15 is 0 Å². The van der Waals surface area contributed by atoms with Crippen molar-refractivity contribution in [2.24, 2.45) is 4.99 Å². The number of carbonyl (C=O) groups is 4. The minimum absolute atomic E-state index is 0.0292. The van der Waals surface area contributed by atoms with Crippen LogP contribution in [0, 0.1) is 0 Å². The number of amides is 3. The number of hydrogen-bond acceptors (Lipinski definition) is 5. The first-order valence-corrected chi connectivity index (χ1v) is 13.3. The number of likely N-dealkylation sites (tertiary alicyclic amines) is 2. The number of hydrogen-bond donors (Lipinski definition) is 2. The molecule has 2 heterocycles. The van der Waals surface area contributed by atoms with E-state index in [1.54, 1.807) is 29.2 Å². The van der Waals surface area contributed by atoms with Crippen LogP contribution in [0.4, 0.5) is 5.69 Å². The summed E-state index contributed by atoms with van der Waals surface area (Å²) >= 11 is 0. The second-order valence-corrected chi connectivity index (χ2v) is 9.86. The zero-order valence-corrected chi connectivity index (χ0v) is 21.8. The van der Waals surface area contributed by atoms with Crippen LogP contribution in [-0.4, -0.2) is 71.5 Å². The van der Waals surface area contributed by atoms with Gasteiger partial charge in [-0.2, -0.15) is 0 Å². The minimum Gasteiger partial charge on any atom is -0.341 e. The molecule has 200 valence electrons. The maximum Gasteiger partial charge on any atom is 0.257 e. The molecule has 2 aliphatic rings. The Kier molecular flexibility index (Phi) is 9.24. The van der Waals surface area contributed by atoms with Crippen molar-refractivity contribution in [1.82, 2.24) is 15.1 Å². The van der Waals surface area contributed by atoms with E-state index in [4.69, 9.17) is 0 Å². The predicted octanol–water partition coefficient (Wildman–Crippen LogP) is 3.02. The van der Waals surface area contributed by atoms with Gasteiger partial charge in [-0.15, -0.1) is 0 Å². The number of nitrogens with one attached hydrogen (secondary N) is 2. The normalized spacial score (nSPS) is 18.2. The number of carbonyl (C=O) groups excluding carboxylic acids is 4. The van der Waals surface area contributed by atoms with Gasteiger partial charge in [0.15, 0.2) is 0 Å². The molecule has 38 heavy (non-hydrogen) atoms. The van der Waals surface area contributed by atoms with Gasteiger partial charge in [-0.25, -0.2) is 4.99 Å². The van der Waals surface area contributed by atoms with Gasteiger partial charge in [-0.05, 0) is 68.9 Å². The van der Waals surface area contributed by atoms with E-state index < -0.39 is 6.04 Å². The fourth-order valence-corrected chi connectivity index (χ4v) is 4.80. The third-order valence-electron chi connectivity index (χ3n) is 6.73. The molecule has 2 aromatic rings. The summed E-state index contributed by atoms with van der Waals surface area (Å²) in [4.78, 5) is 58.9. The summed E-state index contributed by atoms with van der Waals surface area (Å²) in [5.74, 6) is -0.419. The van der Waals surface area contributed by atoms with Gasteiger partial charge in [0, 0.05) is 37.3 Å². The van der Waals surface area contributed by atoms with Crippen molar-refractivity contribution in [3.63, 3.8) is 0 Å². The summed E-state index contributed by atoms with van der Waals surface area (Å²) in [5.41, 5.74) is 1.92. The number of rotatable bonds is 7. The molecule has 3 amide bonds. The summed E-state index contributed by atoms with van der Waals surface area (Å²) < 4.78 is 0. The molecule has 2 aliphatic heterocycles. The summed E-state index contributed by atoms with van der Waals surface area (Å²) in [6.45, 7) is 3.58. The lowest BCUT2D eigenvalue weighted by molar-refractivity contribution is -0.140. The Labute approximate surface area is 223 Å². The standard InChI is InChI=1S/C29H35N5O4/c1-21(35)18-22-10-9-13-24(19-22)30-29(32-27(37)23-11-3-2-4-12-23)31-25-14-5-6-17-34(28(25)38)20-26(36)33-15-7-8-16-33/h2-4,9-13,19,25H,5-8,14-18,20H2,1H3,(H2,30,31,32,37)/t25-/m0/s1. The molecule has 9 heteroatoms. The number of guanidine groups is 1. The van der Waals surface area contributed by atoms with E-state index in [1.165, 1.54) is 6.92 Å². The summed E-state index contributed by atoms with van der Waals surface area (Å²) in [7, 11) is 0. The van der Waals surface area contributed by atoms with Gasteiger partial charge in [-0.3, -0.25) is 24.5 Å². The van der Waals surface area contributed by atoms with Crippen LogP contribution in [0.15, 0.2) is 59.6 Å². The van der Waals surface area contributed by atoms with Crippen LogP contribution >= 0.6 is 0 Å². The molecule has 0 spiro atoms. The first kappa shape index (κ1) is 27.0. The topological polar surface area (TPSA) is 111 Å². The first-order chi connectivity index (χ1) is 18.4. The van der Waals surface area contributed by atoms with E-state index in [1.807, 2.05) is 35.2 Å².